The van der Waals surface area contributed by atoms with E-state index >= 15 is 0 Å². The van der Waals surface area contributed by atoms with Crippen molar-refractivity contribution in [1.29, 1.82) is 0 Å². The van der Waals surface area contributed by atoms with Crippen LogP contribution in [0.15, 0.2) is 48.5 Å². The fourth-order valence-electron chi connectivity index (χ4n) is 2.82. The first-order valence-electron chi connectivity index (χ1n) is 8.08. The third kappa shape index (κ3) is 4.15. The average molecular weight is 343 g/mol. The number of benzene rings is 2. The van der Waals surface area contributed by atoms with Crippen molar-refractivity contribution < 1.29 is 23.8 Å². The zero-order valence-corrected chi connectivity index (χ0v) is 13.5. The van der Waals surface area contributed by atoms with E-state index in [0.717, 1.165) is 0 Å². The van der Waals surface area contributed by atoms with Crippen molar-refractivity contribution in [3.05, 3.63) is 65.5 Å². The second-order valence-electron chi connectivity index (χ2n) is 5.95. The smallest absolute Gasteiger partial charge is 0.335 e. The van der Waals surface area contributed by atoms with Gasteiger partial charge in [-0.25, -0.2) is 9.18 Å². The summed E-state index contributed by atoms with van der Waals surface area (Å²) in [6.07, 6.45) is 1.37. The van der Waals surface area contributed by atoms with Gasteiger partial charge in [0.2, 0.25) is 0 Å². The summed E-state index contributed by atoms with van der Waals surface area (Å²) in [5.41, 5.74) is 0.630. The number of piperidine rings is 1. The van der Waals surface area contributed by atoms with E-state index in [1.165, 1.54) is 36.4 Å². The van der Waals surface area contributed by atoms with E-state index in [4.69, 9.17) is 9.84 Å². The fraction of sp³-hybridized carbons (Fsp3) is 0.263. The molecule has 3 rings (SSSR count). The maximum Gasteiger partial charge on any atom is 0.335 e. The Labute approximate surface area is 144 Å². The van der Waals surface area contributed by atoms with Crippen LogP contribution in [0.5, 0.6) is 5.75 Å². The van der Waals surface area contributed by atoms with Crippen LogP contribution < -0.4 is 4.74 Å². The Hall–Kier alpha value is -2.89. The maximum absolute atomic E-state index is 12.9. The number of carbonyl (C=O) groups is 2. The lowest BCUT2D eigenvalue weighted by Gasteiger charge is -2.32. The Morgan fingerprint density at radius 3 is 2.08 bits per heavy atom. The molecule has 6 heteroatoms. The number of hydrogen-bond acceptors (Lipinski definition) is 3. The Kier molecular flexibility index (Phi) is 4.97. The van der Waals surface area contributed by atoms with Gasteiger partial charge < -0.3 is 14.7 Å². The molecular formula is C19H18FNO4. The number of aromatic carboxylic acids is 1. The normalized spacial score (nSPS) is 15.0. The van der Waals surface area contributed by atoms with Gasteiger partial charge in [0.05, 0.1) is 5.56 Å². The molecule has 2 aromatic carbocycles. The molecule has 5 nitrogen and oxygen atoms in total. The van der Waals surface area contributed by atoms with Crippen LogP contribution in [-0.4, -0.2) is 41.1 Å². The Balaban J connectivity index is 1.55. The molecule has 1 aliphatic rings. The number of carboxylic acid groups (broad SMARTS) is 1. The molecule has 1 aliphatic heterocycles. The number of carboxylic acids is 1. The summed E-state index contributed by atoms with van der Waals surface area (Å²) >= 11 is 0. The minimum absolute atomic E-state index is 0.0103. The molecule has 0 spiro atoms. The fourth-order valence-corrected chi connectivity index (χ4v) is 2.82. The molecule has 0 saturated carbocycles. The molecule has 0 aliphatic carbocycles. The number of hydrogen-bond donors (Lipinski definition) is 1. The summed E-state index contributed by atoms with van der Waals surface area (Å²) < 4.78 is 18.7. The number of halogens is 1. The van der Waals surface area contributed by atoms with E-state index in [1.54, 1.807) is 17.0 Å². The van der Waals surface area contributed by atoms with Crippen LogP contribution >= 0.6 is 0 Å². The number of amides is 1. The summed E-state index contributed by atoms with van der Waals surface area (Å²) in [7, 11) is 0. The lowest BCUT2D eigenvalue weighted by atomic mass is 10.1. The summed E-state index contributed by atoms with van der Waals surface area (Å²) in [5, 5.41) is 8.90. The number of likely N-dealkylation sites (tertiary alicyclic amines) is 1. The lowest BCUT2D eigenvalue weighted by molar-refractivity contribution is 0.0593. The van der Waals surface area contributed by atoms with Gasteiger partial charge in [0.1, 0.15) is 17.7 Å². The molecule has 1 saturated heterocycles. The van der Waals surface area contributed by atoms with Crippen molar-refractivity contribution in [2.75, 3.05) is 13.1 Å². The molecule has 130 valence electrons. The maximum atomic E-state index is 12.9. The quantitative estimate of drug-likeness (QED) is 0.926. The van der Waals surface area contributed by atoms with Crippen LogP contribution in [-0.2, 0) is 0 Å². The summed E-state index contributed by atoms with van der Waals surface area (Å²) in [6.45, 7) is 1.12. The van der Waals surface area contributed by atoms with Crippen LogP contribution in [0, 0.1) is 5.82 Å². The SMILES string of the molecule is O=C(O)c1ccc(C(=O)N2CCC(Oc3ccc(F)cc3)CC2)cc1. The topological polar surface area (TPSA) is 66.8 Å². The standard InChI is InChI=1S/C19H18FNO4/c20-15-5-7-16(8-6-15)25-17-9-11-21(12-10-17)18(22)13-1-3-14(4-2-13)19(23)24/h1-8,17H,9-12H2,(H,23,24). The van der Waals surface area contributed by atoms with Gasteiger partial charge in [0, 0.05) is 31.5 Å². The molecule has 1 fully saturated rings. The van der Waals surface area contributed by atoms with E-state index in [-0.39, 0.29) is 23.4 Å². The van der Waals surface area contributed by atoms with Gasteiger partial charge in [-0.3, -0.25) is 4.79 Å². The number of rotatable bonds is 4. The van der Waals surface area contributed by atoms with E-state index in [2.05, 4.69) is 0 Å². The molecular weight excluding hydrogens is 325 g/mol. The molecule has 0 atom stereocenters. The molecule has 0 bridgehead atoms. The van der Waals surface area contributed by atoms with Gasteiger partial charge in [0.25, 0.3) is 5.91 Å². The van der Waals surface area contributed by atoms with Crippen molar-refractivity contribution in [3.8, 4) is 5.75 Å². The monoisotopic (exact) mass is 343 g/mol. The summed E-state index contributed by atoms with van der Waals surface area (Å²) in [6, 6.07) is 11.8. The summed E-state index contributed by atoms with van der Waals surface area (Å²) in [4.78, 5) is 25.1. The van der Waals surface area contributed by atoms with E-state index in [9.17, 15) is 14.0 Å². The predicted octanol–water partition coefficient (Wildman–Crippen LogP) is 3.21. The minimum atomic E-state index is -1.02. The lowest BCUT2D eigenvalue weighted by Crippen LogP contribution is -2.41. The van der Waals surface area contributed by atoms with Crippen molar-refractivity contribution in [2.45, 2.75) is 18.9 Å². The molecule has 2 aromatic rings. The van der Waals surface area contributed by atoms with Gasteiger partial charge in [-0.2, -0.15) is 0 Å². The number of ether oxygens (including phenoxy) is 1. The van der Waals surface area contributed by atoms with Gasteiger partial charge in [-0.15, -0.1) is 0 Å². The minimum Gasteiger partial charge on any atom is -0.490 e. The second-order valence-corrected chi connectivity index (χ2v) is 5.95. The summed E-state index contributed by atoms with van der Waals surface area (Å²) in [5.74, 6) is -0.813. The Bertz CT molecular complexity index is 750. The van der Waals surface area contributed by atoms with Crippen molar-refractivity contribution in [2.24, 2.45) is 0 Å². The zero-order valence-electron chi connectivity index (χ0n) is 13.5. The van der Waals surface area contributed by atoms with Crippen LogP contribution in [0.1, 0.15) is 33.6 Å². The first kappa shape index (κ1) is 17.0. The Morgan fingerprint density at radius 1 is 0.960 bits per heavy atom. The van der Waals surface area contributed by atoms with Crippen LogP contribution in [0.4, 0.5) is 4.39 Å². The predicted molar refractivity (Wildman–Crippen MR) is 89.4 cm³/mol. The largest absolute Gasteiger partial charge is 0.490 e. The zero-order chi connectivity index (χ0) is 17.8. The molecule has 1 heterocycles. The molecule has 25 heavy (non-hydrogen) atoms. The third-order valence-corrected chi connectivity index (χ3v) is 4.22. The van der Waals surface area contributed by atoms with Crippen molar-refractivity contribution in [3.63, 3.8) is 0 Å². The van der Waals surface area contributed by atoms with Gasteiger partial charge in [0.15, 0.2) is 0 Å². The molecule has 0 aromatic heterocycles. The first-order chi connectivity index (χ1) is 12.0. The first-order valence-corrected chi connectivity index (χ1v) is 8.08. The number of nitrogens with zero attached hydrogens (tertiary/aromatic N) is 1. The second kappa shape index (κ2) is 7.34. The highest BCUT2D eigenvalue weighted by atomic mass is 19.1. The average Bonchev–Trinajstić information content (AvgIpc) is 2.64. The highest BCUT2D eigenvalue weighted by Crippen LogP contribution is 2.20. The van der Waals surface area contributed by atoms with Gasteiger partial charge >= 0.3 is 5.97 Å². The van der Waals surface area contributed by atoms with E-state index in [0.29, 0.717) is 37.2 Å². The van der Waals surface area contributed by atoms with Gasteiger partial charge in [-0.05, 0) is 48.5 Å². The van der Waals surface area contributed by atoms with Crippen LogP contribution in [0.2, 0.25) is 0 Å². The molecule has 1 amide bonds. The van der Waals surface area contributed by atoms with Crippen molar-refractivity contribution in [1.82, 2.24) is 4.90 Å². The molecule has 0 radical (unpaired) electrons. The van der Waals surface area contributed by atoms with Crippen LogP contribution in [0.25, 0.3) is 0 Å². The van der Waals surface area contributed by atoms with Crippen molar-refractivity contribution >= 4 is 11.9 Å². The molecule has 0 unspecified atom stereocenters. The van der Waals surface area contributed by atoms with E-state index < -0.39 is 5.97 Å². The Morgan fingerprint density at radius 2 is 1.52 bits per heavy atom. The third-order valence-electron chi connectivity index (χ3n) is 4.22. The highest BCUT2D eigenvalue weighted by Gasteiger charge is 2.24. The van der Waals surface area contributed by atoms with Crippen LogP contribution in [0.3, 0.4) is 0 Å². The van der Waals surface area contributed by atoms with E-state index in [1.807, 2.05) is 0 Å². The highest BCUT2D eigenvalue weighted by molar-refractivity contribution is 5.95. The van der Waals surface area contributed by atoms with Gasteiger partial charge in [-0.1, -0.05) is 0 Å². The molecule has 1 N–H and O–H groups in total. The number of carbonyl (C=O) groups excluding carboxylic acids is 1.